The van der Waals surface area contributed by atoms with Gasteiger partial charge in [-0.1, -0.05) is 67.6 Å². The second kappa shape index (κ2) is 8.28. The molecule has 0 spiro atoms. The van der Waals surface area contributed by atoms with Crippen LogP contribution in [-0.4, -0.2) is 34.4 Å². The number of hydrogen-bond acceptors (Lipinski definition) is 2. The predicted molar refractivity (Wildman–Crippen MR) is 113 cm³/mol. The Kier molecular flexibility index (Phi) is 6.29. The van der Waals surface area contributed by atoms with Crippen LogP contribution in [-0.2, 0) is 0 Å². The summed E-state index contributed by atoms with van der Waals surface area (Å²) >= 11 is 0. The lowest BCUT2D eigenvalue weighted by Crippen LogP contribution is -2.12. The molecular weight excluding hydrogens is 346 g/mol. The van der Waals surface area contributed by atoms with Crippen molar-refractivity contribution in [1.29, 1.82) is 0 Å². The second-order valence-electron chi connectivity index (χ2n) is 7.47. The third kappa shape index (κ3) is 4.69. The molecule has 2 nitrogen and oxygen atoms in total. The fraction of sp³-hybridized carbons (Fsp3) is 0.429. The molecule has 2 aromatic rings. The van der Waals surface area contributed by atoms with Crippen LogP contribution < -0.4 is 10.6 Å². The highest BCUT2D eigenvalue weighted by atomic mass is 31.2. The molecular formula is C21H30O2P2. The summed E-state index contributed by atoms with van der Waals surface area (Å²) in [6.07, 6.45) is 7.74. The van der Waals surface area contributed by atoms with E-state index in [0.29, 0.717) is 5.92 Å². The van der Waals surface area contributed by atoms with E-state index in [9.17, 15) is 9.79 Å². The Bertz CT molecular complexity index is 656. The molecule has 0 bridgehead atoms. The van der Waals surface area contributed by atoms with Crippen molar-refractivity contribution < 1.29 is 9.79 Å². The molecule has 2 radical (unpaired) electrons. The quantitative estimate of drug-likeness (QED) is 0.767. The molecule has 2 N–H and O–H groups in total. The molecule has 4 rings (SSSR count). The summed E-state index contributed by atoms with van der Waals surface area (Å²) in [5.74, 6) is 0.707. The van der Waals surface area contributed by atoms with Gasteiger partial charge < -0.3 is 9.79 Å². The van der Waals surface area contributed by atoms with Gasteiger partial charge in [0.15, 0.2) is 0 Å². The van der Waals surface area contributed by atoms with Crippen LogP contribution in [0.2, 0.25) is 0 Å². The first kappa shape index (κ1) is 19.0. The zero-order valence-corrected chi connectivity index (χ0v) is 16.9. The normalized spacial score (nSPS) is 27.6. The number of hydrogen-bond donors (Lipinski definition) is 2. The van der Waals surface area contributed by atoms with Gasteiger partial charge in [-0.25, -0.2) is 0 Å². The third-order valence-electron chi connectivity index (χ3n) is 5.39. The van der Waals surface area contributed by atoms with Crippen molar-refractivity contribution in [3.63, 3.8) is 0 Å². The average molecular weight is 376 g/mol. The average Bonchev–Trinajstić information content (AvgIpc) is 3.24. The molecule has 2 fully saturated rings. The van der Waals surface area contributed by atoms with Crippen LogP contribution in [0, 0.1) is 5.92 Å². The van der Waals surface area contributed by atoms with Crippen molar-refractivity contribution >= 4 is 25.6 Å². The van der Waals surface area contributed by atoms with Crippen LogP contribution in [0.1, 0.15) is 26.2 Å². The fourth-order valence-corrected chi connectivity index (χ4v) is 10.3. The Morgan fingerprint density at radius 2 is 1.20 bits per heavy atom. The van der Waals surface area contributed by atoms with Gasteiger partial charge >= 0.3 is 0 Å². The number of benzene rings is 2. The van der Waals surface area contributed by atoms with E-state index in [0.717, 1.165) is 24.6 Å². The van der Waals surface area contributed by atoms with Crippen LogP contribution in [0.5, 0.6) is 0 Å². The maximum Gasteiger partial charge on any atom is 0.0120 e. The summed E-state index contributed by atoms with van der Waals surface area (Å²) < 4.78 is 0. The SMILES string of the molecule is CC1CC[P](O)(c2ccccc2)C1.O[P]1(c2ccccc2)CCCC1. The van der Waals surface area contributed by atoms with Crippen molar-refractivity contribution in [2.24, 2.45) is 5.92 Å². The van der Waals surface area contributed by atoms with Gasteiger partial charge in [0, 0.05) is 15.0 Å². The molecule has 2 atom stereocenters. The van der Waals surface area contributed by atoms with E-state index in [-0.39, 0.29) is 0 Å². The highest BCUT2D eigenvalue weighted by molar-refractivity contribution is 7.78. The maximum atomic E-state index is 10.4. The summed E-state index contributed by atoms with van der Waals surface area (Å²) in [6, 6.07) is 20.4. The standard InChI is InChI=1S/C11H16OP.C10H14OP/c1-10-7-8-13(12,9-10)11-5-3-2-4-6-11;11-12(8-4-5-9-12)10-6-2-1-3-7-10/h2-6,10,12H,7-9H2,1H3;1-3,6-7,11H,4-5,8-9H2. The molecule has 4 heteroatoms. The van der Waals surface area contributed by atoms with Gasteiger partial charge in [0.2, 0.25) is 0 Å². The Balaban J connectivity index is 0.000000146. The van der Waals surface area contributed by atoms with E-state index < -0.39 is 15.0 Å². The van der Waals surface area contributed by atoms with Gasteiger partial charge in [-0.3, -0.25) is 0 Å². The van der Waals surface area contributed by atoms with E-state index >= 15 is 0 Å². The van der Waals surface area contributed by atoms with Crippen LogP contribution in [0.4, 0.5) is 0 Å². The molecule has 0 aliphatic carbocycles. The van der Waals surface area contributed by atoms with Crippen LogP contribution in [0.25, 0.3) is 0 Å². The van der Waals surface area contributed by atoms with E-state index in [1.807, 2.05) is 36.4 Å². The van der Waals surface area contributed by atoms with Crippen molar-refractivity contribution in [2.45, 2.75) is 26.2 Å². The summed E-state index contributed by atoms with van der Waals surface area (Å²) in [4.78, 5) is 20.7. The van der Waals surface area contributed by atoms with Gasteiger partial charge in [0.1, 0.15) is 0 Å². The monoisotopic (exact) mass is 376 g/mol. The minimum atomic E-state index is -1.73. The molecule has 2 aliphatic heterocycles. The lowest BCUT2D eigenvalue weighted by molar-refractivity contribution is 0.612. The molecule has 0 amide bonds. The summed E-state index contributed by atoms with van der Waals surface area (Å²) in [6.45, 7) is 2.24. The van der Waals surface area contributed by atoms with Gasteiger partial charge in [0.05, 0.1) is 0 Å². The van der Waals surface area contributed by atoms with Gasteiger partial charge in [-0.05, 0) is 60.4 Å². The lowest BCUT2D eigenvalue weighted by Gasteiger charge is -2.25. The summed E-state index contributed by atoms with van der Waals surface area (Å²) in [5, 5.41) is 2.39. The van der Waals surface area contributed by atoms with Crippen LogP contribution in [0.3, 0.4) is 0 Å². The molecule has 2 heterocycles. The minimum absolute atomic E-state index is 0.707. The first-order valence-corrected chi connectivity index (χ1v) is 13.6. The van der Waals surface area contributed by atoms with E-state index in [1.54, 1.807) is 0 Å². The van der Waals surface area contributed by atoms with E-state index in [2.05, 4.69) is 31.2 Å². The van der Waals surface area contributed by atoms with Gasteiger partial charge in [0.25, 0.3) is 0 Å². The smallest absolute Gasteiger partial charge is 0.0120 e. The van der Waals surface area contributed by atoms with Crippen molar-refractivity contribution in [3.05, 3.63) is 60.7 Å². The Hall–Kier alpha value is -0.780. The Morgan fingerprint density at radius 1 is 0.720 bits per heavy atom. The minimum Gasteiger partial charge on any atom is -0.375 e. The van der Waals surface area contributed by atoms with E-state index in [1.165, 1.54) is 29.9 Å². The van der Waals surface area contributed by atoms with Crippen molar-refractivity contribution in [1.82, 2.24) is 0 Å². The lowest BCUT2D eigenvalue weighted by atomic mass is 10.2. The van der Waals surface area contributed by atoms with Crippen molar-refractivity contribution in [2.75, 3.05) is 24.6 Å². The van der Waals surface area contributed by atoms with Gasteiger partial charge in [-0.2, -0.15) is 0 Å². The zero-order chi connectivity index (χ0) is 17.8. The topological polar surface area (TPSA) is 40.5 Å². The highest BCUT2D eigenvalue weighted by Crippen LogP contribution is 2.60. The molecule has 2 unspecified atom stereocenters. The Labute approximate surface area is 153 Å². The summed E-state index contributed by atoms with van der Waals surface area (Å²) in [7, 11) is -3.40. The van der Waals surface area contributed by atoms with Crippen LogP contribution >= 0.6 is 15.0 Å². The first-order chi connectivity index (χ1) is 12.0. The largest absolute Gasteiger partial charge is 0.375 e. The molecule has 0 saturated carbocycles. The second-order valence-corrected chi connectivity index (χ2v) is 13.9. The zero-order valence-electron chi connectivity index (χ0n) is 15.1. The maximum absolute atomic E-state index is 10.4. The van der Waals surface area contributed by atoms with Gasteiger partial charge in [-0.15, -0.1) is 0 Å². The third-order valence-corrected chi connectivity index (χ3v) is 12.2. The molecule has 2 aromatic carbocycles. The first-order valence-electron chi connectivity index (χ1n) is 9.33. The molecule has 25 heavy (non-hydrogen) atoms. The van der Waals surface area contributed by atoms with Crippen LogP contribution in [0.15, 0.2) is 60.7 Å². The Morgan fingerprint density at radius 3 is 1.64 bits per heavy atom. The van der Waals surface area contributed by atoms with E-state index in [4.69, 9.17) is 0 Å². The number of rotatable bonds is 2. The summed E-state index contributed by atoms with van der Waals surface area (Å²) in [5.41, 5.74) is 0. The fourth-order valence-electron chi connectivity index (χ4n) is 3.89. The molecule has 2 saturated heterocycles. The molecule has 2 aliphatic rings. The molecule has 0 aromatic heterocycles. The highest BCUT2D eigenvalue weighted by Gasteiger charge is 2.34. The molecule has 136 valence electrons. The van der Waals surface area contributed by atoms with Crippen molar-refractivity contribution in [3.8, 4) is 0 Å². The predicted octanol–water partition coefficient (Wildman–Crippen LogP) is 4.31.